The van der Waals surface area contributed by atoms with E-state index in [0.29, 0.717) is 6.29 Å². The van der Waals surface area contributed by atoms with Crippen molar-refractivity contribution in [2.75, 3.05) is 0 Å². The Balaban J connectivity index is 3.10. The van der Waals surface area contributed by atoms with E-state index >= 15 is 0 Å². The first-order valence-corrected chi connectivity index (χ1v) is 4.52. The number of rotatable bonds is 3. The van der Waals surface area contributed by atoms with Gasteiger partial charge in [-0.25, -0.2) is 8.78 Å². The molecule has 1 nitrogen and oxygen atoms in total. The lowest BCUT2D eigenvalue weighted by molar-refractivity contribution is -0.108. The summed E-state index contributed by atoms with van der Waals surface area (Å²) >= 11 is 5.39. The highest BCUT2D eigenvalue weighted by Crippen LogP contribution is 2.28. The summed E-state index contributed by atoms with van der Waals surface area (Å²) in [6.07, 6.45) is 0.889. The van der Waals surface area contributed by atoms with Gasteiger partial charge in [0.05, 0.1) is 0 Å². The van der Waals surface area contributed by atoms with E-state index < -0.39 is 16.7 Å². The summed E-state index contributed by atoms with van der Waals surface area (Å²) in [6, 6.07) is 2.41. The molecule has 0 heterocycles. The van der Waals surface area contributed by atoms with Crippen LogP contribution in [0, 0.1) is 11.6 Å². The molecule has 76 valence electrons. The van der Waals surface area contributed by atoms with Gasteiger partial charge in [0.2, 0.25) is 0 Å². The first-order chi connectivity index (χ1) is 6.57. The second-order valence-corrected chi connectivity index (χ2v) is 3.45. The Morgan fingerprint density at radius 1 is 1.50 bits per heavy atom. The lowest BCUT2D eigenvalue weighted by Crippen LogP contribution is -2.00. The minimum Gasteiger partial charge on any atom is -0.303 e. The van der Waals surface area contributed by atoms with E-state index in [9.17, 15) is 13.6 Å². The molecule has 0 aliphatic heterocycles. The van der Waals surface area contributed by atoms with Gasteiger partial charge in [-0.2, -0.15) is 0 Å². The molecule has 14 heavy (non-hydrogen) atoms. The molecule has 0 amide bonds. The van der Waals surface area contributed by atoms with Crippen molar-refractivity contribution >= 4 is 17.9 Å². The molecule has 0 aromatic heterocycles. The largest absolute Gasteiger partial charge is 0.303 e. The van der Waals surface area contributed by atoms with Crippen molar-refractivity contribution < 1.29 is 13.6 Å². The van der Waals surface area contributed by atoms with Gasteiger partial charge in [-0.3, -0.25) is 0 Å². The van der Waals surface area contributed by atoms with Gasteiger partial charge in [-0.05, 0) is 17.5 Å². The van der Waals surface area contributed by atoms with Crippen molar-refractivity contribution in [3.63, 3.8) is 0 Å². The van der Waals surface area contributed by atoms with Crippen LogP contribution in [-0.4, -0.2) is 6.29 Å². The van der Waals surface area contributed by atoms with Crippen LogP contribution in [0.25, 0.3) is 0 Å². The van der Waals surface area contributed by atoms with Crippen molar-refractivity contribution in [1.82, 2.24) is 0 Å². The lowest BCUT2D eigenvalue weighted by atomic mass is 9.98. The highest BCUT2D eigenvalue weighted by Gasteiger charge is 2.15. The summed E-state index contributed by atoms with van der Waals surface area (Å²) in [5, 5.41) is -0.514. The number of halogens is 3. The molecule has 0 fully saturated rings. The van der Waals surface area contributed by atoms with Gasteiger partial charge in [0.15, 0.2) is 0 Å². The van der Waals surface area contributed by atoms with Gasteiger partial charge in [0, 0.05) is 6.42 Å². The molecule has 4 heteroatoms. The van der Waals surface area contributed by atoms with E-state index in [1.165, 1.54) is 6.07 Å². The van der Waals surface area contributed by atoms with E-state index in [2.05, 4.69) is 0 Å². The monoisotopic (exact) mass is 218 g/mol. The van der Waals surface area contributed by atoms with Crippen molar-refractivity contribution in [3.8, 4) is 0 Å². The molecular weight excluding hydrogens is 210 g/mol. The van der Waals surface area contributed by atoms with Crippen LogP contribution < -0.4 is 0 Å². The van der Waals surface area contributed by atoms with Gasteiger partial charge in [-0.1, -0.05) is 24.6 Å². The Hall–Kier alpha value is -0.960. The smallest absolute Gasteiger partial charge is 0.148 e. The van der Waals surface area contributed by atoms with Gasteiger partial charge in [0.1, 0.15) is 22.9 Å². The van der Waals surface area contributed by atoms with E-state index in [-0.39, 0.29) is 17.9 Å². The summed E-state index contributed by atoms with van der Waals surface area (Å²) in [5.74, 6) is -1.85. The predicted molar refractivity (Wildman–Crippen MR) is 50.5 cm³/mol. The third kappa shape index (κ3) is 2.10. The maximum absolute atomic E-state index is 13.3. The van der Waals surface area contributed by atoms with Crippen LogP contribution in [-0.2, 0) is 4.79 Å². The zero-order valence-electron chi connectivity index (χ0n) is 7.56. The van der Waals surface area contributed by atoms with Gasteiger partial charge in [0.25, 0.3) is 0 Å². The predicted octanol–water partition coefficient (Wildman–Crippen LogP) is 3.31. The normalized spacial score (nSPS) is 12.6. The molecule has 0 aliphatic carbocycles. The first kappa shape index (κ1) is 11.1. The molecule has 0 aliphatic rings. The van der Waals surface area contributed by atoms with Crippen molar-refractivity contribution in [1.29, 1.82) is 0 Å². The van der Waals surface area contributed by atoms with Gasteiger partial charge >= 0.3 is 0 Å². The maximum atomic E-state index is 13.3. The average molecular weight is 219 g/mol. The summed E-state index contributed by atoms with van der Waals surface area (Å²) in [4.78, 5) is 10.2. The average Bonchev–Trinajstić information content (AvgIpc) is 2.15. The quantitative estimate of drug-likeness (QED) is 0.562. The Morgan fingerprint density at radius 2 is 2.14 bits per heavy atom. The van der Waals surface area contributed by atoms with Crippen molar-refractivity contribution in [2.24, 2.45) is 0 Å². The molecule has 0 N–H and O–H groups in total. The molecule has 0 saturated heterocycles. The molecule has 0 radical (unpaired) electrons. The fourth-order valence-corrected chi connectivity index (χ4v) is 1.36. The Kier molecular flexibility index (Phi) is 3.58. The SMILES string of the molecule is CC(CC=O)c1ccc(F)c(Cl)c1F. The Bertz CT molecular complexity index is 352. The van der Waals surface area contributed by atoms with Gasteiger partial charge < -0.3 is 4.79 Å². The molecular formula is C10H9ClF2O. The molecule has 1 atom stereocenters. The van der Waals surface area contributed by atoms with Crippen molar-refractivity contribution in [2.45, 2.75) is 19.3 Å². The van der Waals surface area contributed by atoms with Crippen LogP contribution in [0.5, 0.6) is 0 Å². The summed E-state index contributed by atoms with van der Waals surface area (Å²) in [6.45, 7) is 1.68. The van der Waals surface area contributed by atoms with E-state index in [1.807, 2.05) is 0 Å². The van der Waals surface area contributed by atoms with Crippen molar-refractivity contribution in [3.05, 3.63) is 34.4 Å². The first-order valence-electron chi connectivity index (χ1n) is 4.15. The second kappa shape index (κ2) is 4.51. The Labute approximate surface area is 85.7 Å². The molecule has 1 unspecified atom stereocenters. The summed E-state index contributed by atoms with van der Waals surface area (Å²) < 4.78 is 26.1. The van der Waals surface area contributed by atoms with E-state index in [1.54, 1.807) is 6.92 Å². The standard InChI is InChI=1S/C10H9ClF2O/c1-6(4-5-14)7-2-3-8(12)9(11)10(7)13/h2-3,5-6H,4H2,1H3. The molecule has 0 saturated carbocycles. The molecule has 1 aromatic carbocycles. The molecule has 0 bridgehead atoms. The van der Waals surface area contributed by atoms with Crippen LogP contribution in [0.1, 0.15) is 24.8 Å². The van der Waals surface area contributed by atoms with Crippen LogP contribution in [0.3, 0.4) is 0 Å². The van der Waals surface area contributed by atoms with Gasteiger partial charge in [-0.15, -0.1) is 0 Å². The fraction of sp³-hybridized carbons (Fsp3) is 0.300. The van der Waals surface area contributed by atoms with Crippen LogP contribution in [0.4, 0.5) is 8.78 Å². The zero-order valence-corrected chi connectivity index (χ0v) is 8.31. The molecule has 0 spiro atoms. The lowest BCUT2D eigenvalue weighted by Gasteiger charge is -2.10. The molecule has 1 aromatic rings. The summed E-state index contributed by atoms with van der Waals surface area (Å²) in [7, 11) is 0. The third-order valence-corrected chi connectivity index (χ3v) is 2.39. The highest BCUT2D eigenvalue weighted by atomic mass is 35.5. The van der Waals surface area contributed by atoms with Crippen LogP contribution in [0.2, 0.25) is 5.02 Å². The number of hydrogen-bond acceptors (Lipinski definition) is 1. The van der Waals surface area contributed by atoms with E-state index in [4.69, 9.17) is 11.6 Å². The third-order valence-electron chi connectivity index (χ3n) is 2.05. The maximum Gasteiger partial charge on any atom is 0.148 e. The fourth-order valence-electron chi connectivity index (χ4n) is 1.19. The van der Waals surface area contributed by atoms with Crippen LogP contribution in [0.15, 0.2) is 12.1 Å². The number of hydrogen-bond donors (Lipinski definition) is 0. The molecule has 1 rings (SSSR count). The second-order valence-electron chi connectivity index (χ2n) is 3.07. The number of benzene rings is 1. The summed E-state index contributed by atoms with van der Waals surface area (Å²) in [5.41, 5.74) is 0.267. The zero-order chi connectivity index (χ0) is 10.7. The minimum atomic E-state index is -0.786. The highest BCUT2D eigenvalue weighted by molar-refractivity contribution is 6.30. The number of carbonyl (C=O) groups excluding carboxylic acids is 1. The number of aldehydes is 1. The topological polar surface area (TPSA) is 17.1 Å². The van der Waals surface area contributed by atoms with E-state index in [0.717, 1.165) is 6.07 Å². The number of carbonyl (C=O) groups is 1. The minimum absolute atomic E-state index is 0.193. The Morgan fingerprint density at radius 3 is 2.71 bits per heavy atom. The van der Waals surface area contributed by atoms with Crippen LogP contribution >= 0.6 is 11.6 Å².